The number of halogens is 3. The average Bonchev–Trinajstić information content (AvgIpc) is 3.27. The topological polar surface area (TPSA) is 99.3 Å². The number of anilines is 1. The molecule has 1 aromatic carbocycles. The van der Waals surface area contributed by atoms with Crippen LogP contribution >= 0.6 is 11.6 Å². The summed E-state index contributed by atoms with van der Waals surface area (Å²) in [7, 11) is 1.54. The van der Waals surface area contributed by atoms with Crippen LogP contribution in [0.3, 0.4) is 0 Å². The van der Waals surface area contributed by atoms with Crippen molar-refractivity contribution < 1.29 is 8.78 Å². The lowest BCUT2D eigenvalue weighted by molar-refractivity contribution is 0.187. The van der Waals surface area contributed by atoms with Gasteiger partial charge in [-0.15, -0.1) is 0 Å². The van der Waals surface area contributed by atoms with E-state index in [1.807, 2.05) is 17.9 Å². The summed E-state index contributed by atoms with van der Waals surface area (Å²) in [5, 5.41) is 8.37. The largest absolute Gasteiger partial charge is 0.396 e. The maximum Gasteiger partial charge on any atom is 0.279 e. The molecule has 2 aromatic heterocycles. The van der Waals surface area contributed by atoms with Gasteiger partial charge in [-0.25, -0.2) is 18.7 Å². The molecule has 3 N–H and O–H groups in total. The number of nitrogens with two attached hydrogens (primary N) is 1. The van der Waals surface area contributed by atoms with E-state index < -0.39 is 12.1 Å². The van der Waals surface area contributed by atoms with E-state index >= 15 is 0 Å². The number of piperidine rings is 1. The van der Waals surface area contributed by atoms with Crippen LogP contribution in [-0.4, -0.2) is 64.0 Å². The number of nitrogens with zero attached hydrogens (tertiary/aromatic N) is 6. The van der Waals surface area contributed by atoms with Crippen LogP contribution in [-0.2, 0) is 13.0 Å². The van der Waals surface area contributed by atoms with Gasteiger partial charge in [-0.05, 0) is 43.7 Å². The number of aryl methyl sites for hydroxylation is 2. The Morgan fingerprint density at radius 3 is 2.67 bits per heavy atom. The van der Waals surface area contributed by atoms with Gasteiger partial charge in [-0.3, -0.25) is 10.1 Å². The fraction of sp³-hybridized carbons (Fsp3) is 0.500. The molecule has 3 aromatic rings. The van der Waals surface area contributed by atoms with E-state index in [1.54, 1.807) is 0 Å². The summed E-state index contributed by atoms with van der Waals surface area (Å²) in [6.45, 7) is 11.3. The Labute approximate surface area is 232 Å². The van der Waals surface area contributed by atoms with Gasteiger partial charge in [0.15, 0.2) is 5.82 Å². The molecule has 39 heavy (non-hydrogen) atoms. The van der Waals surface area contributed by atoms with Crippen LogP contribution in [0.4, 0.5) is 14.6 Å². The van der Waals surface area contributed by atoms with Crippen molar-refractivity contribution >= 4 is 34.2 Å². The minimum atomic E-state index is -2.86. The molecule has 0 atom stereocenters. The van der Waals surface area contributed by atoms with Crippen molar-refractivity contribution in [1.82, 2.24) is 25.1 Å². The number of aromatic nitrogens is 4. The monoisotopic (exact) mass is 556 g/mol. The Morgan fingerprint density at radius 2 is 1.97 bits per heavy atom. The third-order valence-electron chi connectivity index (χ3n) is 7.77. The predicted octanol–water partition coefficient (Wildman–Crippen LogP) is 5.32. The molecular weight excluding hydrogens is 522 g/mol. The fourth-order valence-electron chi connectivity index (χ4n) is 5.81. The first-order chi connectivity index (χ1) is 18.5. The van der Waals surface area contributed by atoms with Crippen LogP contribution in [0.2, 0.25) is 0 Å². The Balaban J connectivity index is 1.65. The lowest BCUT2D eigenvalue weighted by atomic mass is 9.84. The van der Waals surface area contributed by atoms with Crippen LogP contribution in [0.25, 0.3) is 22.3 Å². The van der Waals surface area contributed by atoms with Crippen LogP contribution in [0, 0.1) is 19.3 Å². The van der Waals surface area contributed by atoms with Crippen molar-refractivity contribution in [3.05, 3.63) is 45.4 Å². The number of hydrogen-bond acceptors (Lipinski definition) is 6. The summed E-state index contributed by atoms with van der Waals surface area (Å²) in [5.74, 6) is 1.81. The summed E-state index contributed by atoms with van der Waals surface area (Å²) in [6.07, 6.45) is -0.0728. The highest BCUT2D eigenvalue weighted by molar-refractivity contribution is 6.43. The first-order valence-corrected chi connectivity index (χ1v) is 13.6. The van der Waals surface area contributed by atoms with Crippen LogP contribution < -0.4 is 10.6 Å². The SMILES string of the molecule is CN=C(C(Cl)=C(N)C(F)F)N1CCc2nc(-c3c(C)ccc4n[nH]c(C)c34)nc(N3CCCC(C)(C)C3)c2C1. The number of alkyl halides is 2. The van der Waals surface area contributed by atoms with Gasteiger partial charge in [0.1, 0.15) is 16.7 Å². The minimum absolute atomic E-state index is 0.134. The number of rotatable bonds is 4. The number of fused-ring (bicyclic) bond motifs is 2. The normalized spacial score (nSPS) is 18.5. The predicted molar refractivity (Wildman–Crippen MR) is 152 cm³/mol. The second-order valence-corrected chi connectivity index (χ2v) is 11.7. The highest BCUT2D eigenvalue weighted by Gasteiger charge is 2.33. The zero-order chi connectivity index (χ0) is 28.1. The molecule has 8 nitrogen and oxygen atoms in total. The molecule has 0 saturated carbocycles. The molecule has 4 heterocycles. The minimum Gasteiger partial charge on any atom is -0.396 e. The number of H-pyrrole nitrogens is 1. The quantitative estimate of drug-likeness (QED) is 0.333. The second kappa shape index (κ2) is 10.4. The summed E-state index contributed by atoms with van der Waals surface area (Å²) in [6, 6.07) is 4.06. The van der Waals surface area contributed by atoms with Crippen molar-refractivity contribution in [2.75, 3.05) is 31.6 Å². The van der Waals surface area contributed by atoms with E-state index in [9.17, 15) is 8.78 Å². The number of aromatic amines is 1. The lowest BCUT2D eigenvalue weighted by Crippen LogP contribution is -2.43. The molecular formula is C28H35ClF2N8. The van der Waals surface area contributed by atoms with Crippen molar-refractivity contribution in [1.29, 1.82) is 0 Å². The lowest BCUT2D eigenvalue weighted by Gasteiger charge is -2.41. The van der Waals surface area contributed by atoms with Gasteiger partial charge >= 0.3 is 0 Å². The van der Waals surface area contributed by atoms with Gasteiger partial charge < -0.3 is 15.5 Å². The highest BCUT2D eigenvalue weighted by atomic mass is 35.5. The molecule has 0 unspecified atom stereocenters. The molecule has 2 aliphatic heterocycles. The van der Waals surface area contributed by atoms with Crippen LogP contribution in [0.15, 0.2) is 27.9 Å². The number of hydrogen-bond donors (Lipinski definition) is 2. The Kier molecular flexibility index (Phi) is 7.26. The maximum atomic E-state index is 13.3. The van der Waals surface area contributed by atoms with Gasteiger partial charge in [-0.1, -0.05) is 31.5 Å². The molecule has 5 rings (SSSR count). The average molecular weight is 557 g/mol. The number of benzene rings is 1. The molecule has 2 aliphatic rings. The van der Waals surface area contributed by atoms with E-state index in [4.69, 9.17) is 27.3 Å². The third kappa shape index (κ3) is 5.06. The molecule has 0 radical (unpaired) electrons. The molecule has 0 amide bonds. The van der Waals surface area contributed by atoms with Gasteiger partial charge in [0, 0.05) is 61.9 Å². The van der Waals surface area contributed by atoms with Gasteiger partial charge in [0.2, 0.25) is 0 Å². The molecule has 1 saturated heterocycles. The number of nitrogens with one attached hydrogen (secondary N) is 1. The summed E-state index contributed by atoms with van der Waals surface area (Å²) in [5.41, 5.74) is 10.9. The van der Waals surface area contributed by atoms with Gasteiger partial charge in [0.25, 0.3) is 6.43 Å². The van der Waals surface area contributed by atoms with E-state index in [2.05, 4.69) is 46.9 Å². The van der Waals surface area contributed by atoms with Crippen LogP contribution in [0.1, 0.15) is 49.2 Å². The van der Waals surface area contributed by atoms with E-state index in [1.165, 1.54) is 7.05 Å². The van der Waals surface area contributed by atoms with Crippen molar-refractivity contribution in [3.63, 3.8) is 0 Å². The van der Waals surface area contributed by atoms with Crippen molar-refractivity contribution in [2.24, 2.45) is 16.1 Å². The summed E-state index contributed by atoms with van der Waals surface area (Å²) < 4.78 is 26.7. The smallest absolute Gasteiger partial charge is 0.279 e. The molecule has 0 spiro atoms. The number of allylic oxidation sites excluding steroid dienone is 1. The van der Waals surface area contributed by atoms with Crippen LogP contribution in [0.5, 0.6) is 0 Å². The Hall–Kier alpha value is -3.27. The molecule has 0 bridgehead atoms. The molecule has 0 aliphatic carbocycles. The van der Waals surface area contributed by atoms with E-state index in [0.717, 1.165) is 70.7 Å². The summed E-state index contributed by atoms with van der Waals surface area (Å²) >= 11 is 6.31. The third-order valence-corrected chi connectivity index (χ3v) is 8.16. The first-order valence-electron chi connectivity index (χ1n) is 13.3. The van der Waals surface area contributed by atoms with E-state index in [0.29, 0.717) is 25.3 Å². The fourth-order valence-corrected chi connectivity index (χ4v) is 6.10. The van der Waals surface area contributed by atoms with Gasteiger partial charge in [0.05, 0.1) is 16.9 Å². The van der Waals surface area contributed by atoms with Crippen molar-refractivity contribution in [2.45, 2.75) is 59.9 Å². The summed E-state index contributed by atoms with van der Waals surface area (Å²) in [4.78, 5) is 18.8. The Morgan fingerprint density at radius 1 is 1.21 bits per heavy atom. The number of amidine groups is 1. The standard InChI is InChI=1S/C28H35ClF2N8/c1-15-7-8-19-21(16(2)36-37-19)20(15)25-34-18-9-12-38(27(33-5)22(29)23(32)24(30)31)13-17(18)26(35-25)39-11-6-10-28(3,4)14-39/h7-8,24H,6,9-14,32H2,1-5H3,(H,36,37). The zero-order valence-corrected chi connectivity index (χ0v) is 23.8. The number of aliphatic imine (C=N–C) groups is 1. The first kappa shape index (κ1) is 27.3. The zero-order valence-electron chi connectivity index (χ0n) is 23.1. The molecule has 1 fully saturated rings. The van der Waals surface area contributed by atoms with Crippen molar-refractivity contribution in [3.8, 4) is 11.4 Å². The highest BCUT2D eigenvalue weighted by Crippen LogP contribution is 2.38. The van der Waals surface area contributed by atoms with E-state index in [-0.39, 0.29) is 16.3 Å². The van der Waals surface area contributed by atoms with Gasteiger partial charge in [-0.2, -0.15) is 5.10 Å². The maximum absolute atomic E-state index is 13.3. The molecule has 208 valence electrons. The second-order valence-electron chi connectivity index (χ2n) is 11.3. The molecule has 11 heteroatoms. The Bertz CT molecular complexity index is 1480.